The van der Waals surface area contributed by atoms with E-state index in [1.165, 1.54) is 6.07 Å². The lowest BCUT2D eigenvalue weighted by atomic mass is 10.1. The van der Waals surface area contributed by atoms with Gasteiger partial charge in [0.2, 0.25) is 0 Å². The van der Waals surface area contributed by atoms with Crippen LogP contribution in [0.25, 0.3) is 16.9 Å². The van der Waals surface area contributed by atoms with Crippen LogP contribution < -0.4 is 5.32 Å². The van der Waals surface area contributed by atoms with Crippen LogP contribution in [0.15, 0.2) is 42.6 Å². The number of hydrogen-bond acceptors (Lipinski definition) is 6. The summed E-state index contributed by atoms with van der Waals surface area (Å²) in [6, 6.07) is 8.99. The van der Waals surface area contributed by atoms with Crippen molar-refractivity contribution in [2.75, 3.05) is 12.4 Å². The summed E-state index contributed by atoms with van der Waals surface area (Å²) in [7, 11) is 0. The molecule has 1 amide bonds. The number of fused-ring (bicyclic) bond motifs is 1. The lowest BCUT2D eigenvalue weighted by molar-refractivity contribution is -0.144. The van der Waals surface area contributed by atoms with E-state index in [-0.39, 0.29) is 29.3 Å². The van der Waals surface area contributed by atoms with Crippen molar-refractivity contribution in [2.45, 2.75) is 19.4 Å². The van der Waals surface area contributed by atoms with Gasteiger partial charge in [0.25, 0.3) is 12.3 Å². The summed E-state index contributed by atoms with van der Waals surface area (Å²) in [5, 5.41) is 6.37. The third-order valence-corrected chi connectivity index (χ3v) is 4.46. The molecule has 1 N–H and O–H groups in total. The largest absolute Gasteiger partial charge is 0.464 e. The number of aromatic nitrogens is 3. The Kier molecular flexibility index (Phi) is 6.42. The molecule has 152 valence electrons. The van der Waals surface area contributed by atoms with E-state index in [0.717, 1.165) is 10.7 Å². The molecule has 0 radical (unpaired) electrons. The fourth-order valence-corrected chi connectivity index (χ4v) is 2.96. The molecular formula is C19H18F2N4O3S. The molecule has 1 atom stereocenters. The van der Waals surface area contributed by atoms with Gasteiger partial charge in [0, 0.05) is 11.3 Å². The number of carbonyl (C=O) groups excluding carboxylic acids is 2. The number of halogens is 2. The summed E-state index contributed by atoms with van der Waals surface area (Å²) in [6.45, 7) is 1.79. The predicted molar refractivity (Wildman–Crippen MR) is 105 cm³/mol. The van der Waals surface area contributed by atoms with Crippen LogP contribution in [0.3, 0.4) is 0 Å². The minimum Gasteiger partial charge on any atom is -0.464 e. The number of thiol groups is 1. The zero-order valence-electron chi connectivity index (χ0n) is 15.4. The number of carbonyl (C=O) groups is 2. The molecule has 7 nitrogen and oxygen atoms in total. The first-order chi connectivity index (χ1) is 14.0. The van der Waals surface area contributed by atoms with Gasteiger partial charge >= 0.3 is 5.97 Å². The van der Waals surface area contributed by atoms with Gasteiger partial charge in [-0.1, -0.05) is 30.3 Å². The van der Waals surface area contributed by atoms with E-state index in [9.17, 15) is 18.4 Å². The fourth-order valence-electron chi connectivity index (χ4n) is 2.72. The lowest BCUT2D eigenvalue weighted by Gasteiger charge is -2.14. The molecule has 0 aliphatic carbocycles. The molecule has 0 unspecified atom stereocenters. The van der Waals surface area contributed by atoms with Crippen LogP contribution in [0.5, 0.6) is 0 Å². The molecule has 2 heterocycles. The standard InChI is InChI=1S/C19H18F2N4O3S/c1-2-28-19(27)14(10-29)24-18(26)12-9-22-25-15(16(20)21)8-13(23-17(12)25)11-6-4-3-5-7-11/h3-9,14,16,29H,2,10H2,1H3,(H,24,26)/t14-/m0/s1. The summed E-state index contributed by atoms with van der Waals surface area (Å²) in [6.07, 6.45) is -1.69. The Hall–Kier alpha value is -3.01. The molecule has 0 saturated heterocycles. The maximum absolute atomic E-state index is 13.6. The van der Waals surface area contributed by atoms with Gasteiger partial charge in [-0.2, -0.15) is 17.7 Å². The van der Waals surface area contributed by atoms with Gasteiger partial charge in [0.1, 0.15) is 17.3 Å². The highest BCUT2D eigenvalue weighted by molar-refractivity contribution is 7.80. The topological polar surface area (TPSA) is 85.6 Å². The SMILES string of the molecule is CCOC(=O)[C@H](CS)NC(=O)c1cnn2c(C(F)F)cc(-c3ccccc3)nc12. The zero-order valence-corrected chi connectivity index (χ0v) is 16.3. The van der Waals surface area contributed by atoms with E-state index in [2.05, 4.69) is 28.0 Å². The monoisotopic (exact) mass is 420 g/mol. The van der Waals surface area contributed by atoms with Crippen LogP contribution in [0.4, 0.5) is 8.78 Å². The third kappa shape index (κ3) is 4.37. The zero-order chi connectivity index (χ0) is 21.0. The van der Waals surface area contributed by atoms with Crippen molar-refractivity contribution in [3.05, 3.63) is 53.9 Å². The quantitative estimate of drug-likeness (QED) is 0.454. The molecule has 3 aromatic rings. The number of amides is 1. The van der Waals surface area contributed by atoms with Gasteiger partial charge < -0.3 is 10.1 Å². The molecule has 0 bridgehead atoms. The second-order valence-corrected chi connectivity index (χ2v) is 6.35. The Morgan fingerprint density at radius 1 is 1.28 bits per heavy atom. The molecule has 0 aliphatic rings. The summed E-state index contributed by atoms with van der Waals surface area (Å²) < 4.78 is 33.0. The van der Waals surface area contributed by atoms with Crippen LogP contribution in [0.1, 0.15) is 29.4 Å². The Bertz CT molecular complexity index is 1030. The first kappa shape index (κ1) is 20.7. The van der Waals surface area contributed by atoms with E-state index in [0.29, 0.717) is 5.56 Å². The van der Waals surface area contributed by atoms with Crippen molar-refractivity contribution >= 4 is 30.2 Å². The molecule has 29 heavy (non-hydrogen) atoms. The predicted octanol–water partition coefficient (Wildman–Crippen LogP) is 2.93. The molecule has 3 rings (SSSR count). The van der Waals surface area contributed by atoms with Gasteiger partial charge in [0.05, 0.1) is 18.5 Å². The third-order valence-electron chi connectivity index (χ3n) is 4.10. The van der Waals surface area contributed by atoms with Crippen molar-refractivity contribution in [2.24, 2.45) is 0 Å². The maximum atomic E-state index is 13.6. The second-order valence-electron chi connectivity index (χ2n) is 5.99. The minimum atomic E-state index is -2.83. The first-order valence-electron chi connectivity index (χ1n) is 8.76. The van der Waals surface area contributed by atoms with Crippen molar-refractivity contribution in [1.29, 1.82) is 0 Å². The highest BCUT2D eigenvalue weighted by Gasteiger charge is 2.25. The highest BCUT2D eigenvalue weighted by atomic mass is 32.1. The summed E-state index contributed by atoms with van der Waals surface area (Å²) in [5.74, 6) is -1.32. The number of nitrogens with one attached hydrogen (secondary N) is 1. The molecule has 0 saturated carbocycles. The van der Waals surface area contributed by atoms with Crippen molar-refractivity contribution in [3.63, 3.8) is 0 Å². The molecule has 0 aliphatic heterocycles. The number of benzene rings is 1. The molecule has 1 aromatic carbocycles. The molecule has 2 aromatic heterocycles. The van der Waals surface area contributed by atoms with Crippen LogP contribution >= 0.6 is 12.6 Å². The smallest absolute Gasteiger partial charge is 0.329 e. The van der Waals surface area contributed by atoms with Gasteiger partial charge in [-0.05, 0) is 13.0 Å². The van der Waals surface area contributed by atoms with E-state index >= 15 is 0 Å². The van der Waals surface area contributed by atoms with Crippen LogP contribution in [0.2, 0.25) is 0 Å². The molecular weight excluding hydrogens is 402 g/mol. The summed E-state index contributed by atoms with van der Waals surface area (Å²) in [4.78, 5) is 29.0. The summed E-state index contributed by atoms with van der Waals surface area (Å²) >= 11 is 4.05. The van der Waals surface area contributed by atoms with Crippen LogP contribution in [-0.2, 0) is 9.53 Å². The molecule has 0 fully saturated rings. The fraction of sp³-hybridized carbons (Fsp3) is 0.263. The minimum absolute atomic E-state index is 0.00869. The maximum Gasteiger partial charge on any atom is 0.329 e. The first-order valence-corrected chi connectivity index (χ1v) is 9.40. The van der Waals surface area contributed by atoms with Gasteiger partial charge in [0.15, 0.2) is 5.65 Å². The van der Waals surface area contributed by atoms with Crippen LogP contribution in [0, 0.1) is 0 Å². The lowest BCUT2D eigenvalue weighted by Crippen LogP contribution is -2.43. The van der Waals surface area contributed by atoms with E-state index in [1.54, 1.807) is 37.3 Å². The number of rotatable bonds is 7. The Morgan fingerprint density at radius 3 is 2.62 bits per heavy atom. The van der Waals surface area contributed by atoms with Crippen molar-refractivity contribution < 1.29 is 23.1 Å². The number of nitrogens with zero attached hydrogens (tertiary/aromatic N) is 3. The van der Waals surface area contributed by atoms with Crippen LogP contribution in [-0.4, -0.2) is 44.9 Å². The summed E-state index contributed by atoms with van der Waals surface area (Å²) in [5.41, 5.74) is 0.411. The Balaban J connectivity index is 2.04. The second kappa shape index (κ2) is 8.99. The number of hydrogen-bond donors (Lipinski definition) is 2. The molecule has 0 spiro atoms. The van der Waals surface area contributed by atoms with Crippen molar-refractivity contribution in [1.82, 2.24) is 19.9 Å². The van der Waals surface area contributed by atoms with Gasteiger partial charge in [-0.15, -0.1) is 0 Å². The van der Waals surface area contributed by atoms with E-state index < -0.39 is 30.0 Å². The van der Waals surface area contributed by atoms with Gasteiger partial charge in [-0.3, -0.25) is 4.79 Å². The Morgan fingerprint density at radius 2 is 2.00 bits per heavy atom. The number of esters is 1. The average Bonchev–Trinajstić information content (AvgIpc) is 3.15. The number of ether oxygens (including phenoxy) is 1. The number of alkyl halides is 2. The van der Waals surface area contributed by atoms with Gasteiger partial charge in [-0.25, -0.2) is 23.1 Å². The van der Waals surface area contributed by atoms with E-state index in [4.69, 9.17) is 4.74 Å². The van der Waals surface area contributed by atoms with Crippen molar-refractivity contribution in [3.8, 4) is 11.3 Å². The Labute approximate surface area is 170 Å². The molecule has 10 heteroatoms. The normalized spacial score (nSPS) is 12.2. The van der Waals surface area contributed by atoms with E-state index in [1.807, 2.05) is 0 Å². The average molecular weight is 420 g/mol. The highest BCUT2D eigenvalue weighted by Crippen LogP contribution is 2.26.